The number of nitrogens with zero attached hydrogens (tertiary/aromatic N) is 3. The maximum Gasteiger partial charge on any atom is 0.279 e. The van der Waals surface area contributed by atoms with E-state index in [4.69, 9.17) is 4.98 Å². The fraction of sp³-hybridized carbons (Fsp3) is 0.560. The number of nitrogens with one attached hydrogen (secondary N) is 1. The number of imidazole rings is 1. The SMILES string of the molecule is CCN1C(=O)c2c(nc(NC3CCCCC3)n2Cc2ccc(O)c(Br)c2)CCC(CCO)C1=O. The van der Waals surface area contributed by atoms with Crippen LogP contribution in [0.4, 0.5) is 5.95 Å². The third kappa shape index (κ3) is 5.15. The highest BCUT2D eigenvalue weighted by Gasteiger charge is 2.36. The fourth-order valence-electron chi connectivity index (χ4n) is 5.05. The van der Waals surface area contributed by atoms with Gasteiger partial charge in [0.15, 0.2) is 0 Å². The minimum atomic E-state index is -0.394. The molecule has 34 heavy (non-hydrogen) atoms. The third-order valence-electron chi connectivity index (χ3n) is 6.92. The summed E-state index contributed by atoms with van der Waals surface area (Å²) >= 11 is 3.38. The van der Waals surface area contributed by atoms with Crippen LogP contribution in [0, 0.1) is 5.92 Å². The van der Waals surface area contributed by atoms with Gasteiger partial charge in [-0.1, -0.05) is 25.3 Å². The van der Waals surface area contributed by atoms with Gasteiger partial charge in [0.1, 0.15) is 11.4 Å². The van der Waals surface area contributed by atoms with E-state index in [1.165, 1.54) is 24.2 Å². The number of anilines is 1. The minimum Gasteiger partial charge on any atom is -0.507 e. The molecular weight excluding hydrogens is 500 g/mol. The molecule has 2 heterocycles. The molecule has 0 radical (unpaired) electrons. The number of rotatable bonds is 7. The Bertz CT molecular complexity index is 1050. The Kier molecular flexibility index (Phi) is 7.93. The first kappa shape index (κ1) is 24.7. The van der Waals surface area contributed by atoms with Crippen molar-refractivity contribution in [1.29, 1.82) is 0 Å². The van der Waals surface area contributed by atoms with Crippen LogP contribution in [0.25, 0.3) is 0 Å². The van der Waals surface area contributed by atoms with E-state index in [0.29, 0.717) is 53.7 Å². The summed E-state index contributed by atoms with van der Waals surface area (Å²) in [5, 5.41) is 23.0. The Labute approximate surface area is 208 Å². The highest BCUT2D eigenvalue weighted by Crippen LogP contribution is 2.31. The van der Waals surface area contributed by atoms with E-state index in [1.54, 1.807) is 13.0 Å². The molecule has 1 aromatic carbocycles. The maximum absolute atomic E-state index is 13.7. The van der Waals surface area contributed by atoms with Crippen LogP contribution < -0.4 is 5.32 Å². The number of benzene rings is 1. The molecule has 1 saturated carbocycles. The van der Waals surface area contributed by atoms with Crippen LogP contribution in [-0.4, -0.2) is 55.7 Å². The number of aryl methyl sites for hydroxylation is 1. The Hall–Kier alpha value is -2.39. The highest BCUT2D eigenvalue weighted by molar-refractivity contribution is 9.10. The number of carbonyl (C=O) groups excluding carboxylic acids is 2. The van der Waals surface area contributed by atoms with Gasteiger partial charge < -0.3 is 20.1 Å². The zero-order chi connectivity index (χ0) is 24.2. The smallest absolute Gasteiger partial charge is 0.279 e. The normalized spacial score (nSPS) is 19.6. The number of aromatic nitrogens is 2. The van der Waals surface area contributed by atoms with Gasteiger partial charge >= 0.3 is 0 Å². The molecule has 4 rings (SSSR count). The summed E-state index contributed by atoms with van der Waals surface area (Å²) in [5.74, 6) is -0.158. The van der Waals surface area contributed by atoms with Gasteiger partial charge in [0, 0.05) is 25.1 Å². The van der Waals surface area contributed by atoms with E-state index in [9.17, 15) is 19.8 Å². The number of phenolic OH excluding ortho intramolecular Hbond substituents is 1. The second kappa shape index (κ2) is 10.9. The number of imide groups is 1. The number of carbonyl (C=O) groups is 2. The summed E-state index contributed by atoms with van der Waals surface area (Å²) in [4.78, 5) is 33.0. The molecule has 2 aliphatic rings. The number of aromatic hydroxyl groups is 1. The van der Waals surface area contributed by atoms with Crippen LogP contribution in [0.3, 0.4) is 0 Å². The molecule has 2 aromatic rings. The molecular formula is C25H33BrN4O4. The lowest BCUT2D eigenvalue weighted by molar-refractivity contribution is -0.133. The van der Waals surface area contributed by atoms with E-state index < -0.39 is 5.92 Å². The number of hydrogen-bond donors (Lipinski definition) is 3. The number of aliphatic hydroxyl groups excluding tert-OH is 1. The first-order valence-electron chi connectivity index (χ1n) is 12.2. The summed E-state index contributed by atoms with van der Waals surface area (Å²) < 4.78 is 2.48. The molecule has 1 aliphatic carbocycles. The topological polar surface area (TPSA) is 108 Å². The van der Waals surface area contributed by atoms with E-state index in [2.05, 4.69) is 21.2 Å². The average molecular weight is 533 g/mol. The monoisotopic (exact) mass is 532 g/mol. The lowest BCUT2D eigenvalue weighted by atomic mass is 9.94. The fourth-order valence-corrected chi connectivity index (χ4v) is 5.47. The number of amides is 2. The van der Waals surface area contributed by atoms with Crippen LogP contribution in [0.15, 0.2) is 22.7 Å². The lowest BCUT2D eigenvalue weighted by Crippen LogP contribution is -2.43. The molecule has 8 nitrogen and oxygen atoms in total. The Morgan fingerprint density at radius 2 is 1.94 bits per heavy atom. The summed E-state index contributed by atoms with van der Waals surface area (Å²) in [6.07, 6.45) is 7.09. The zero-order valence-corrected chi connectivity index (χ0v) is 21.2. The summed E-state index contributed by atoms with van der Waals surface area (Å²) in [5.41, 5.74) is 2.04. The Morgan fingerprint density at radius 3 is 2.62 bits per heavy atom. The summed E-state index contributed by atoms with van der Waals surface area (Å²) in [7, 11) is 0. The maximum atomic E-state index is 13.7. The quantitative estimate of drug-likeness (QED) is 0.463. The molecule has 9 heteroatoms. The summed E-state index contributed by atoms with van der Waals surface area (Å²) in [6, 6.07) is 5.58. The molecule has 0 spiro atoms. The second-order valence-corrected chi connectivity index (χ2v) is 10.1. The van der Waals surface area contributed by atoms with Crippen LogP contribution in [0.1, 0.15) is 73.6 Å². The van der Waals surface area contributed by atoms with Crippen molar-refractivity contribution in [3.05, 3.63) is 39.6 Å². The van der Waals surface area contributed by atoms with E-state index in [-0.39, 0.29) is 30.7 Å². The van der Waals surface area contributed by atoms with Crippen molar-refractivity contribution in [1.82, 2.24) is 14.5 Å². The van der Waals surface area contributed by atoms with Crippen LogP contribution in [-0.2, 0) is 17.8 Å². The molecule has 1 unspecified atom stereocenters. The van der Waals surface area contributed by atoms with Crippen LogP contribution >= 0.6 is 15.9 Å². The molecule has 3 N–H and O–H groups in total. The first-order chi connectivity index (χ1) is 16.4. The molecule has 1 aromatic heterocycles. The standard InChI is InChI=1S/C25H33BrN4O4/c1-2-29-23(33)17(12-13-31)9-10-20-22(24(29)34)30(15-16-8-11-21(32)19(26)14-16)25(28-20)27-18-6-4-3-5-7-18/h8,11,14,17-18,31-32H,2-7,9-10,12-13,15H2,1H3,(H,27,28). The van der Waals surface area contributed by atoms with Crippen molar-refractivity contribution in [2.75, 3.05) is 18.5 Å². The molecule has 2 amide bonds. The number of fused-ring (bicyclic) bond motifs is 1. The molecule has 0 bridgehead atoms. The van der Waals surface area contributed by atoms with Crippen molar-refractivity contribution in [3.8, 4) is 5.75 Å². The van der Waals surface area contributed by atoms with E-state index in [0.717, 1.165) is 18.4 Å². The Balaban J connectivity index is 1.77. The van der Waals surface area contributed by atoms with Gasteiger partial charge in [0.05, 0.1) is 16.7 Å². The number of halogens is 1. The van der Waals surface area contributed by atoms with Gasteiger partial charge in [0.2, 0.25) is 11.9 Å². The van der Waals surface area contributed by atoms with Crippen LogP contribution in [0.2, 0.25) is 0 Å². The first-order valence-corrected chi connectivity index (χ1v) is 13.0. The van der Waals surface area contributed by atoms with Crippen LogP contribution in [0.5, 0.6) is 5.75 Å². The van der Waals surface area contributed by atoms with Crippen molar-refractivity contribution >= 4 is 33.7 Å². The van der Waals surface area contributed by atoms with Gasteiger partial charge in [0.25, 0.3) is 5.91 Å². The molecule has 0 saturated heterocycles. The van der Waals surface area contributed by atoms with E-state index in [1.807, 2.05) is 16.7 Å². The number of hydrogen-bond acceptors (Lipinski definition) is 6. The largest absolute Gasteiger partial charge is 0.507 e. The van der Waals surface area contributed by atoms with Gasteiger partial charge in [-0.25, -0.2) is 4.98 Å². The van der Waals surface area contributed by atoms with E-state index >= 15 is 0 Å². The third-order valence-corrected chi connectivity index (χ3v) is 7.55. The number of phenols is 1. The number of aliphatic hydroxyl groups is 1. The van der Waals surface area contributed by atoms with Crippen molar-refractivity contribution in [3.63, 3.8) is 0 Å². The zero-order valence-electron chi connectivity index (χ0n) is 19.6. The predicted molar refractivity (Wildman–Crippen MR) is 133 cm³/mol. The summed E-state index contributed by atoms with van der Waals surface area (Å²) in [6.45, 7) is 2.36. The second-order valence-electron chi connectivity index (χ2n) is 9.22. The van der Waals surface area contributed by atoms with Crippen molar-refractivity contribution in [2.24, 2.45) is 5.92 Å². The molecule has 1 atom stereocenters. The molecule has 184 valence electrons. The van der Waals surface area contributed by atoms with Gasteiger partial charge in [-0.3, -0.25) is 14.5 Å². The predicted octanol–water partition coefficient (Wildman–Crippen LogP) is 4.08. The highest BCUT2D eigenvalue weighted by atomic mass is 79.9. The van der Waals surface area contributed by atoms with Crippen molar-refractivity contribution in [2.45, 2.75) is 70.9 Å². The molecule has 1 fully saturated rings. The van der Waals surface area contributed by atoms with Gasteiger partial charge in [-0.15, -0.1) is 0 Å². The van der Waals surface area contributed by atoms with Gasteiger partial charge in [-0.05, 0) is 72.7 Å². The van der Waals surface area contributed by atoms with Crippen molar-refractivity contribution < 1.29 is 19.8 Å². The minimum absolute atomic E-state index is 0.0896. The van der Waals surface area contributed by atoms with Gasteiger partial charge in [-0.2, -0.15) is 0 Å². The molecule has 1 aliphatic heterocycles. The Morgan fingerprint density at radius 1 is 1.18 bits per heavy atom. The average Bonchev–Trinajstić information content (AvgIpc) is 3.15. The lowest BCUT2D eigenvalue weighted by Gasteiger charge is -2.28.